The Morgan fingerprint density at radius 2 is 1.85 bits per heavy atom. The lowest BCUT2D eigenvalue weighted by molar-refractivity contribution is -0.210. The predicted octanol–water partition coefficient (Wildman–Crippen LogP) is 3.99. The Bertz CT molecular complexity index is 1770. The van der Waals surface area contributed by atoms with Crippen molar-refractivity contribution in [2.24, 2.45) is 0 Å². The molecule has 0 bridgehead atoms. The summed E-state index contributed by atoms with van der Waals surface area (Å²) in [5, 5.41) is 42.1. The number of nitrogens with zero attached hydrogens (tertiary/aromatic N) is 6. The van der Waals surface area contributed by atoms with E-state index in [0.29, 0.717) is 11.5 Å². The third-order valence-corrected chi connectivity index (χ3v) is 8.40. The highest BCUT2D eigenvalue weighted by molar-refractivity contribution is 7.18. The summed E-state index contributed by atoms with van der Waals surface area (Å²) in [7, 11) is 0. The van der Waals surface area contributed by atoms with Crippen molar-refractivity contribution in [3.63, 3.8) is 0 Å². The normalized spacial score (nSPS) is 23.0. The second-order valence-electron chi connectivity index (χ2n) is 9.95. The molecule has 1 aliphatic rings. The summed E-state index contributed by atoms with van der Waals surface area (Å²) in [6.45, 7) is 4.98. The van der Waals surface area contributed by atoms with Gasteiger partial charge in [-0.1, -0.05) is 11.6 Å². The fourth-order valence-corrected chi connectivity index (χ4v) is 6.21. The van der Waals surface area contributed by atoms with Gasteiger partial charge in [0.2, 0.25) is 0 Å². The summed E-state index contributed by atoms with van der Waals surface area (Å²) in [6, 6.07) is 5.29. The molecule has 0 unspecified atom stereocenters. The van der Waals surface area contributed by atoms with E-state index in [-0.39, 0.29) is 22.0 Å². The zero-order valence-corrected chi connectivity index (χ0v) is 23.6. The maximum Gasteiger partial charge on any atom is 0.178 e. The number of halogens is 3. The van der Waals surface area contributed by atoms with Crippen molar-refractivity contribution >= 4 is 33.2 Å². The van der Waals surface area contributed by atoms with Gasteiger partial charge in [0.25, 0.3) is 0 Å². The number of fused-ring (bicyclic) bond motifs is 1. The summed E-state index contributed by atoms with van der Waals surface area (Å²) in [5.74, 6) is -1.67. The lowest BCUT2D eigenvalue weighted by atomic mass is 9.92. The van der Waals surface area contributed by atoms with Crippen molar-refractivity contribution in [2.75, 3.05) is 6.61 Å². The summed E-state index contributed by atoms with van der Waals surface area (Å²) >= 11 is 7.22. The molecule has 3 N–H and O–H groups in total. The molecule has 214 valence electrons. The zero-order chi connectivity index (χ0) is 29.2. The standard InChI is InChI=1S/C27H25ClF2N6O4S/c1-11-6-17-20(41-13(3)33-17)7-18(11)36-27(32-12(2)34-36)26-25(39)23(24(38)19(10-37)40-26)35-9-14(8-31-35)15-4-5-16(28)22(30)21(15)29/h4-9,19,23-26,37-39H,10H2,1-3H3/t19-,23+,24+,25-,26-/m1/s1. The second-order valence-corrected chi connectivity index (χ2v) is 11.6. The van der Waals surface area contributed by atoms with Crippen LogP contribution in [-0.4, -0.2) is 69.8 Å². The number of hydrogen-bond donors (Lipinski definition) is 3. The highest BCUT2D eigenvalue weighted by Gasteiger charge is 2.48. The van der Waals surface area contributed by atoms with Gasteiger partial charge in [0.05, 0.1) is 38.7 Å². The molecule has 0 saturated carbocycles. The number of aliphatic hydroxyl groups excluding tert-OH is 3. The van der Waals surface area contributed by atoms with Crippen molar-refractivity contribution in [1.29, 1.82) is 0 Å². The third kappa shape index (κ3) is 4.72. The molecule has 5 atom stereocenters. The molecule has 1 saturated heterocycles. The molecule has 0 aliphatic carbocycles. The van der Waals surface area contributed by atoms with Gasteiger partial charge in [-0.3, -0.25) is 4.68 Å². The third-order valence-electron chi connectivity index (χ3n) is 7.18. The van der Waals surface area contributed by atoms with Crippen LogP contribution in [0.2, 0.25) is 5.02 Å². The summed E-state index contributed by atoms with van der Waals surface area (Å²) in [6.07, 6.45) is -2.43. The molecule has 3 aromatic heterocycles. The number of ether oxygens (including phenoxy) is 1. The van der Waals surface area contributed by atoms with E-state index >= 15 is 0 Å². The van der Waals surface area contributed by atoms with Gasteiger partial charge in [-0.25, -0.2) is 23.4 Å². The molecule has 14 heteroatoms. The maximum absolute atomic E-state index is 14.6. The average molecular weight is 603 g/mol. The topological polar surface area (TPSA) is 131 Å². The van der Waals surface area contributed by atoms with Crippen molar-refractivity contribution in [2.45, 2.75) is 51.2 Å². The number of hydrogen-bond acceptors (Lipinski definition) is 9. The molecule has 6 rings (SSSR count). The van der Waals surface area contributed by atoms with E-state index in [2.05, 4.69) is 20.2 Å². The Morgan fingerprint density at radius 3 is 2.61 bits per heavy atom. The van der Waals surface area contributed by atoms with Gasteiger partial charge >= 0.3 is 0 Å². The molecule has 1 aliphatic heterocycles. The molecular weight excluding hydrogens is 578 g/mol. The van der Waals surface area contributed by atoms with E-state index in [1.807, 2.05) is 26.0 Å². The van der Waals surface area contributed by atoms with Crippen LogP contribution < -0.4 is 0 Å². The van der Waals surface area contributed by atoms with Crippen molar-refractivity contribution < 1.29 is 28.8 Å². The smallest absolute Gasteiger partial charge is 0.178 e. The van der Waals surface area contributed by atoms with Crippen LogP contribution in [-0.2, 0) is 4.74 Å². The molecule has 0 spiro atoms. The van der Waals surface area contributed by atoms with Gasteiger partial charge in [0, 0.05) is 17.3 Å². The maximum atomic E-state index is 14.6. The van der Waals surface area contributed by atoms with Crippen LogP contribution in [0.1, 0.15) is 34.4 Å². The molecule has 0 radical (unpaired) electrons. The number of rotatable bonds is 5. The van der Waals surface area contributed by atoms with Crippen LogP contribution >= 0.6 is 22.9 Å². The highest BCUT2D eigenvalue weighted by Crippen LogP contribution is 2.40. The number of aliphatic hydroxyl groups is 3. The second kappa shape index (κ2) is 10.5. The molecule has 1 fully saturated rings. The van der Waals surface area contributed by atoms with Crippen molar-refractivity contribution in [3.05, 3.63) is 75.5 Å². The van der Waals surface area contributed by atoms with Gasteiger partial charge in [0.15, 0.2) is 17.5 Å². The predicted molar refractivity (Wildman–Crippen MR) is 147 cm³/mol. The van der Waals surface area contributed by atoms with Gasteiger partial charge in [-0.2, -0.15) is 10.2 Å². The van der Waals surface area contributed by atoms with Crippen molar-refractivity contribution in [1.82, 2.24) is 29.5 Å². The Hall–Kier alpha value is -3.33. The minimum Gasteiger partial charge on any atom is -0.394 e. The van der Waals surface area contributed by atoms with Crippen LogP contribution in [0.15, 0.2) is 36.7 Å². The monoisotopic (exact) mass is 602 g/mol. The summed E-state index contributed by atoms with van der Waals surface area (Å²) in [5.41, 5.74) is 2.53. The van der Waals surface area contributed by atoms with Crippen LogP contribution in [0, 0.1) is 32.4 Å². The van der Waals surface area contributed by atoms with E-state index in [4.69, 9.17) is 16.3 Å². The SMILES string of the molecule is Cc1nc([C@@H]2O[C@H](CO)[C@H](O)[C@H](n3cc(-c4ccc(Cl)c(F)c4F)cn3)[C@H]2O)n(-c2cc3sc(C)nc3cc2C)n1. The first-order valence-corrected chi connectivity index (χ1v) is 13.9. The number of aromatic nitrogens is 6. The Morgan fingerprint density at radius 1 is 1.07 bits per heavy atom. The molecule has 5 aromatic rings. The van der Waals surface area contributed by atoms with Crippen LogP contribution in [0.5, 0.6) is 0 Å². The van der Waals surface area contributed by atoms with E-state index < -0.39 is 48.7 Å². The largest absolute Gasteiger partial charge is 0.394 e. The van der Waals surface area contributed by atoms with Crippen molar-refractivity contribution in [3.8, 4) is 16.8 Å². The van der Waals surface area contributed by atoms with Gasteiger partial charge in [0.1, 0.15) is 36.3 Å². The van der Waals surface area contributed by atoms with Crippen LogP contribution in [0.3, 0.4) is 0 Å². The van der Waals surface area contributed by atoms with E-state index in [0.717, 1.165) is 20.8 Å². The Kier molecular flexibility index (Phi) is 7.12. The average Bonchev–Trinajstić information content (AvgIpc) is 3.65. The lowest BCUT2D eigenvalue weighted by Gasteiger charge is -2.42. The molecule has 10 nitrogen and oxygen atoms in total. The summed E-state index contributed by atoms with van der Waals surface area (Å²) in [4.78, 5) is 9.09. The minimum atomic E-state index is -1.43. The van der Waals surface area contributed by atoms with Gasteiger partial charge in [-0.15, -0.1) is 11.3 Å². The molecular formula is C27H25ClF2N6O4S. The van der Waals surface area contributed by atoms with Gasteiger partial charge in [-0.05, 0) is 50.6 Å². The molecule has 0 amide bonds. The molecule has 4 heterocycles. The molecule has 2 aromatic carbocycles. The quantitative estimate of drug-likeness (QED) is 0.257. The molecule has 41 heavy (non-hydrogen) atoms. The first-order chi connectivity index (χ1) is 19.6. The van der Waals surface area contributed by atoms with Gasteiger partial charge < -0.3 is 20.1 Å². The van der Waals surface area contributed by atoms with E-state index in [1.165, 1.54) is 40.5 Å². The fourth-order valence-electron chi connectivity index (χ4n) is 5.22. The first kappa shape index (κ1) is 27.8. The minimum absolute atomic E-state index is 0.0935. The fraction of sp³-hybridized carbons (Fsp3) is 0.333. The number of thiazole rings is 1. The lowest BCUT2D eigenvalue weighted by Crippen LogP contribution is -2.53. The van der Waals surface area contributed by atoms with E-state index in [9.17, 15) is 24.1 Å². The van der Waals surface area contributed by atoms with Crippen LogP contribution in [0.4, 0.5) is 8.78 Å². The highest BCUT2D eigenvalue weighted by atomic mass is 35.5. The number of benzene rings is 2. The van der Waals surface area contributed by atoms with E-state index in [1.54, 1.807) is 11.6 Å². The first-order valence-electron chi connectivity index (χ1n) is 12.7. The number of aryl methyl sites for hydroxylation is 3. The van der Waals surface area contributed by atoms with Crippen LogP contribution in [0.25, 0.3) is 27.0 Å². The Balaban J connectivity index is 1.41. The summed E-state index contributed by atoms with van der Waals surface area (Å²) < 4.78 is 38.5. The Labute approximate surface area is 241 Å². The zero-order valence-electron chi connectivity index (χ0n) is 22.0.